The lowest BCUT2D eigenvalue weighted by Crippen LogP contribution is -2.20. The van der Waals surface area contributed by atoms with E-state index in [9.17, 15) is 14.3 Å². The summed E-state index contributed by atoms with van der Waals surface area (Å²) in [5, 5.41) is 12.1. The molecule has 2 rings (SSSR count). The zero-order valence-corrected chi connectivity index (χ0v) is 11.4. The first-order valence-corrected chi connectivity index (χ1v) is 6.36. The molecule has 2 aromatic carbocycles. The number of carboxylic acids is 1. The van der Waals surface area contributed by atoms with E-state index in [1.165, 1.54) is 18.2 Å². The van der Waals surface area contributed by atoms with Gasteiger partial charge in [-0.25, -0.2) is 9.18 Å². The maximum absolute atomic E-state index is 13.1. The molecule has 0 saturated heterocycles. The molecule has 0 spiro atoms. The van der Waals surface area contributed by atoms with Crippen LogP contribution in [-0.4, -0.2) is 11.1 Å². The lowest BCUT2D eigenvalue weighted by Gasteiger charge is -2.16. The summed E-state index contributed by atoms with van der Waals surface area (Å²) in [6.07, 6.45) is 0. The summed E-state index contributed by atoms with van der Waals surface area (Å²) in [6, 6.07) is 11.7. The highest BCUT2D eigenvalue weighted by Crippen LogP contribution is 2.22. The Morgan fingerprint density at radius 3 is 2.47 bits per heavy atom. The van der Waals surface area contributed by atoms with Crippen LogP contribution in [0.1, 0.15) is 11.6 Å². The quantitative estimate of drug-likeness (QED) is 0.899. The third-order valence-corrected chi connectivity index (χ3v) is 3.11. The van der Waals surface area contributed by atoms with E-state index in [1.54, 1.807) is 30.3 Å². The summed E-state index contributed by atoms with van der Waals surface area (Å²) in [5.74, 6) is -1.43. The minimum absolute atomic E-state index is 0.412. The van der Waals surface area contributed by atoms with Gasteiger partial charge in [0.15, 0.2) is 6.04 Å². The average molecular weight is 324 g/mol. The van der Waals surface area contributed by atoms with Crippen LogP contribution in [0, 0.1) is 5.82 Å². The van der Waals surface area contributed by atoms with Gasteiger partial charge in [-0.1, -0.05) is 34.1 Å². The lowest BCUT2D eigenvalue weighted by molar-refractivity contribution is -0.138. The Labute approximate surface area is 118 Å². The highest BCUT2D eigenvalue weighted by Gasteiger charge is 2.19. The summed E-state index contributed by atoms with van der Waals surface area (Å²) in [4.78, 5) is 11.3. The van der Waals surface area contributed by atoms with E-state index in [0.717, 1.165) is 4.47 Å². The van der Waals surface area contributed by atoms with E-state index < -0.39 is 17.8 Å². The molecule has 0 heterocycles. The number of nitrogens with one attached hydrogen (secondary N) is 1. The molecule has 0 saturated carbocycles. The summed E-state index contributed by atoms with van der Waals surface area (Å²) in [5.41, 5.74) is 1.02. The number of carboxylic acid groups (broad SMARTS) is 1. The van der Waals surface area contributed by atoms with Crippen LogP contribution >= 0.6 is 15.9 Å². The maximum atomic E-state index is 13.1. The Balaban J connectivity index is 2.26. The van der Waals surface area contributed by atoms with E-state index in [4.69, 9.17) is 0 Å². The van der Waals surface area contributed by atoms with Gasteiger partial charge in [0.05, 0.1) is 0 Å². The second-order valence-corrected chi connectivity index (χ2v) is 4.89. The Kier molecular flexibility index (Phi) is 4.16. The molecule has 0 fully saturated rings. The molecule has 5 heteroatoms. The number of benzene rings is 2. The first kappa shape index (κ1) is 13.5. The SMILES string of the molecule is O=C(O)C(Nc1cccc(F)c1)c1ccc(Br)cc1. The Bertz CT molecular complexity index is 586. The van der Waals surface area contributed by atoms with Gasteiger partial charge in [-0.2, -0.15) is 0 Å². The van der Waals surface area contributed by atoms with Crippen molar-refractivity contribution in [3.8, 4) is 0 Å². The Hall–Kier alpha value is -1.88. The van der Waals surface area contributed by atoms with Gasteiger partial charge in [0.25, 0.3) is 0 Å². The van der Waals surface area contributed by atoms with Crippen molar-refractivity contribution in [3.63, 3.8) is 0 Å². The maximum Gasteiger partial charge on any atom is 0.330 e. The molecule has 0 radical (unpaired) electrons. The van der Waals surface area contributed by atoms with Crippen molar-refractivity contribution in [2.24, 2.45) is 0 Å². The van der Waals surface area contributed by atoms with Crippen LogP contribution < -0.4 is 5.32 Å². The molecule has 0 aromatic heterocycles. The topological polar surface area (TPSA) is 49.3 Å². The van der Waals surface area contributed by atoms with Crippen LogP contribution in [0.3, 0.4) is 0 Å². The summed E-state index contributed by atoms with van der Waals surface area (Å²) >= 11 is 3.29. The van der Waals surface area contributed by atoms with Gasteiger partial charge in [-0.05, 0) is 35.9 Å². The molecular weight excluding hydrogens is 313 g/mol. The van der Waals surface area contributed by atoms with Crippen LogP contribution in [0.5, 0.6) is 0 Å². The molecule has 98 valence electrons. The fraction of sp³-hybridized carbons (Fsp3) is 0.0714. The van der Waals surface area contributed by atoms with Crippen molar-refractivity contribution < 1.29 is 14.3 Å². The van der Waals surface area contributed by atoms with Crippen molar-refractivity contribution in [2.45, 2.75) is 6.04 Å². The lowest BCUT2D eigenvalue weighted by atomic mass is 10.1. The largest absolute Gasteiger partial charge is 0.479 e. The van der Waals surface area contributed by atoms with Gasteiger partial charge in [0, 0.05) is 10.2 Å². The van der Waals surface area contributed by atoms with Crippen molar-refractivity contribution in [2.75, 3.05) is 5.32 Å². The van der Waals surface area contributed by atoms with Gasteiger partial charge in [-0.15, -0.1) is 0 Å². The molecule has 0 aliphatic carbocycles. The number of hydrogen-bond donors (Lipinski definition) is 2. The number of hydrogen-bond acceptors (Lipinski definition) is 2. The zero-order valence-electron chi connectivity index (χ0n) is 9.81. The van der Waals surface area contributed by atoms with Gasteiger partial charge >= 0.3 is 5.97 Å². The molecule has 1 atom stereocenters. The van der Waals surface area contributed by atoms with Crippen molar-refractivity contribution in [3.05, 3.63) is 64.4 Å². The molecule has 0 aliphatic heterocycles. The number of rotatable bonds is 4. The number of halogens is 2. The van der Waals surface area contributed by atoms with Gasteiger partial charge in [0.2, 0.25) is 0 Å². The average Bonchev–Trinajstić information content (AvgIpc) is 2.37. The normalized spacial score (nSPS) is 11.9. The smallest absolute Gasteiger partial charge is 0.330 e. The molecule has 3 nitrogen and oxygen atoms in total. The van der Waals surface area contributed by atoms with E-state index in [0.29, 0.717) is 11.3 Å². The van der Waals surface area contributed by atoms with E-state index >= 15 is 0 Å². The molecule has 0 aliphatic rings. The number of carbonyl (C=O) groups is 1. The highest BCUT2D eigenvalue weighted by atomic mass is 79.9. The van der Waals surface area contributed by atoms with Crippen molar-refractivity contribution in [1.82, 2.24) is 0 Å². The second-order valence-electron chi connectivity index (χ2n) is 3.98. The third kappa shape index (κ3) is 3.54. The highest BCUT2D eigenvalue weighted by molar-refractivity contribution is 9.10. The van der Waals surface area contributed by atoms with Gasteiger partial charge < -0.3 is 10.4 Å². The molecular formula is C14H11BrFNO2. The molecule has 19 heavy (non-hydrogen) atoms. The van der Waals surface area contributed by atoms with Crippen LogP contribution in [0.25, 0.3) is 0 Å². The third-order valence-electron chi connectivity index (χ3n) is 2.59. The van der Waals surface area contributed by atoms with Crippen LogP contribution in [0.4, 0.5) is 10.1 Å². The van der Waals surface area contributed by atoms with Crippen LogP contribution in [0.15, 0.2) is 53.0 Å². The number of anilines is 1. The Morgan fingerprint density at radius 2 is 1.89 bits per heavy atom. The van der Waals surface area contributed by atoms with E-state index in [1.807, 2.05) is 0 Å². The molecule has 2 N–H and O–H groups in total. The van der Waals surface area contributed by atoms with Crippen molar-refractivity contribution >= 4 is 27.6 Å². The monoisotopic (exact) mass is 323 g/mol. The molecule has 2 aromatic rings. The first-order chi connectivity index (χ1) is 9.06. The first-order valence-electron chi connectivity index (χ1n) is 5.56. The molecule has 0 bridgehead atoms. The van der Waals surface area contributed by atoms with Gasteiger partial charge in [0.1, 0.15) is 5.82 Å². The minimum Gasteiger partial charge on any atom is -0.479 e. The zero-order chi connectivity index (χ0) is 13.8. The number of aliphatic carboxylic acids is 1. The Morgan fingerprint density at radius 1 is 1.21 bits per heavy atom. The van der Waals surface area contributed by atoms with E-state index in [-0.39, 0.29) is 0 Å². The second kappa shape index (κ2) is 5.84. The fourth-order valence-corrected chi connectivity index (χ4v) is 1.95. The minimum atomic E-state index is -1.02. The molecule has 0 amide bonds. The summed E-state index contributed by atoms with van der Waals surface area (Å²) < 4.78 is 13.9. The summed E-state index contributed by atoms with van der Waals surface area (Å²) in [6.45, 7) is 0. The predicted octanol–water partition coefficient (Wildman–Crippen LogP) is 3.83. The fourth-order valence-electron chi connectivity index (χ4n) is 1.69. The van der Waals surface area contributed by atoms with Gasteiger partial charge in [-0.3, -0.25) is 0 Å². The van der Waals surface area contributed by atoms with Crippen LogP contribution in [0.2, 0.25) is 0 Å². The predicted molar refractivity (Wildman–Crippen MR) is 74.5 cm³/mol. The van der Waals surface area contributed by atoms with E-state index in [2.05, 4.69) is 21.2 Å². The van der Waals surface area contributed by atoms with Crippen molar-refractivity contribution in [1.29, 1.82) is 0 Å². The molecule has 1 unspecified atom stereocenters. The standard InChI is InChI=1S/C14H11BrFNO2/c15-10-6-4-9(5-7-10)13(14(18)19)17-12-3-1-2-11(16)8-12/h1-8,13,17H,(H,18,19). The van der Waals surface area contributed by atoms with Crippen LogP contribution in [-0.2, 0) is 4.79 Å². The summed E-state index contributed by atoms with van der Waals surface area (Å²) in [7, 11) is 0.